The minimum atomic E-state index is -0.596. The van der Waals surface area contributed by atoms with E-state index < -0.39 is 11.7 Å². The van der Waals surface area contributed by atoms with E-state index in [4.69, 9.17) is 5.26 Å². The van der Waals surface area contributed by atoms with Crippen molar-refractivity contribution in [2.24, 2.45) is 0 Å². The van der Waals surface area contributed by atoms with Crippen LogP contribution in [0, 0.1) is 17.1 Å². The molecule has 0 fully saturated rings. The van der Waals surface area contributed by atoms with Gasteiger partial charge in [-0.1, -0.05) is 11.8 Å². The zero-order valence-corrected chi connectivity index (χ0v) is 10.9. The van der Waals surface area contributed by atoms with Crippen LogP contribution in [0.2, 0.25) is 0 Å². The van der Waals surface area contributed by atoms with Crippen LogP contribution in [-0.4, -0.2) is 26.2 Å². The molecule has 1 N–H and O–H groups in total. The second kappa shape index (κ2) is 4.94. The van der Waals surface area contributed by atoms with Gasteiger partial charge in [0.2, 0.25) is 0 Å². The molecule has 0 unspecified atom stereocenters. The van der Waals surface area contributed by atoms with Crippen LogP contribution in [0.4, 0.5) is 10.2 Å². The van der Waals surface area contributed by atoms with Gasteiger partial charge in [-0.25, -0.2) is 9.37 Å². The topological polar surface area (TPSA) is 83.6 Å². The Hall–Kier alpha value is -2.40. The minimum absolute atomic E-state index is 0.0784. The summed E-state index contributed by atoms with van der Waals surface area (Å²) >= 11 is 1.52. The third kappa shape index (κ3) is 2.12. The number of fused-ring (bicyclic) bond motifs is 1. The predicted octanol–water partition coefficient (Wildman–Crippen LogP) is 1.65. The fourth-order valence-corrected chi connectivity index (χ4v) is 2.85. The monoisotopic (exact) mass is 289 g/mol. The van der Waals surface area contributed by atoms with Crippen LogP contribution in [0.1, 0.15) is 16.1 Å². The molecule has 0 atom stereocenters. The number of carbonyl (C=O) groups is 1. The number of imidazole rings is 1. The summed E-state index contributed by atoms with van der Waals surface area (Å²) in [5, 5.41) is 12.4. The molecule has 8 heteroatoms. The molecule has 2 aromatic rings. The molecule has 1 aliphatic heterocycles. The largest absolute Gasteiger partial charge is 0.308 e. The van der Waals surface area contributed by atoms with E-state index in [0.29, 0.717) is 17.4 Å². The lowest BCUT2D eigenvalue weighted by Crippen LogP contribution is -2.14. The van der Waals surface area contributed by atoms with E-state index in [2.05, 4.69) is 15.3 Å². The molecular formula is C12H8FN5OS. The SMILES string of the molecule is N#Cc1c(NC(=O)c2cncc(F)c2)nc2n1CCS2. The van der Waals surface area contributed by atoms with Gasteiger partial charge in [0, 0.05) is 18.5 Å². The van der Waals surface area contributed by atoms with Crippen molar-refractivity contribution in [3.8, 4) is 6.07 Å². The van der Waals surface area contributed by atoms with E-state index in [1.165, 1.54) is 18.0 Å². The van der Waals surface area contributed by atoms with Crippen LogP contribution in [-0.2, 0) is 6.54 Å². The highest BCUT2D eigenvalue weighted by Gasteiger charge is 2.23. The first kappa shape index (κ1) is 12.6. The van der Waals surface area contributed by atoms with Crippen molar-refractivity contribution >= 4 is 23.5 Å². The average molecular weight is 289 g/mol. The fraction of sp³-hybridized carbons (Fsp3) is 0.167. The maximum absolute atomic E-state index is 13.0. The molecule has 0 aliphatic carbocycles. The number of nitriles is 1. The first-order valence-corrected chi connectivity index (χ1v) is 6.73. The maximum Gasteiger partial charge on any atom is 0.258 e. The molecule has 1 amide bonds. The molecule has 0 aromatic carbocycles. The Labute approximate surface area is 117 Å². The summed E-state index contributed by atoms with van der Waals surface area (Å²) in [4.78, 5) is 19.8. The lowest BCUT2D eigenvalue weighted by molar-refractivity contribution is 0.102. The molecule has 0 spiro atoms. The molecular weight excluding hydrogens is 281 g/mol. The summed E-state index contributed by atoms with van der Waals surface area (Å²) in [7, 11) is 0. The van der Waals surface area contributed by atoms with Crippen molar-refractivity contribution in [2.45, 2.75) is 11.7 Å². The second-order valence-corrected chi connectivity index (χ2v) is 5.11. The Morgan fingerprint density at radius 3 is 3.15 bits per heavy atom. The van der Waals surface area contributed by atoms with Crippen LogP contribution in [0.5, 0.6) is 0 Å². The van der Waals surface area contributed by atoms with Gasteiger partial charge in [-0.05, 0) is 6.07 Å². The van der Waals surface area contributed by atoms with E-state index in [9.17, 15) is 9.18 Å². The molecule has 0 saturated carbocycles. The van der Waals surface area contributed by atoms with Gasteiger partial charge in [0.15, 0.2) is 16.7 Å². The lowest BCUT2D eigenvalue weighted by Gasteiger charge is -2.03. The normalized spacial score (nSPS) is 12.8. The van der Waals surface area contributed by atoms with Crippen LogP contribution in [0.25, 0.3) is 0 Å². The predicted molar refractivity (Wildman–Crippen MR) is 69.8 cm³/mol. The molecule has 6 nitrogen and oxygen atoms in total. The molecule has 0 bridgehead atoms. The number of nitrogens with zero attached hydrogens (tertiary/aromatic N) is 4. The van der Waals surface area contributed by atoms with Crippen LogP contribution < -0.4 is 5.32 Å². The van der Waals surface area contributed by atoms with Crippen molar-refractivity contribution in [1.29, 1.82) is 5.26 Å². The molecule has 2 aromatic heterocycles. The number of nitrogens with one attached hydrogen (secondary N) is 1. The summed E-state index contributed by atoms with van der Waals surface area (Å²) in [5.74, 6) is -0.0840. The summed E-state index contributed by atoms with van der Waals surface area (Å²) in [6.45, 7) is 0.688. The van der Waals surface area contributed by atoms with Gasteiger partial charge < -0.3 is 9.88 Å². The van der Waals surface area contributed by atoms with Crippen LogP contribution in [0.3, 0.4) is 0 Å². The molecule has 3 heterocycles. The standard InChI is InChI=1S/C12H8FN5OS/c13-8-3-7(5-15-6-8)11(19)16-10-9(4-14)18-1-2-20-12(18)17-10/h3,5-6H,1-2H2,(H,16,19). The highest BCUT2D eigenvalue weighted by Crippen LogP contribution is 2.30. The van der Waals surface area contributed by atoms with Crippen molar-refractivity contribution < 1.29 is 9.18 Å². The van der Waals surface area contributed by atoms with Crippen LogP contribution in [0.15, 0.2) is 23.6 Å². The number of carbonyl (C=O) groups excluding carboxylic acids is 1. The smallest absolute Gasteiger partial charge is 0.258 e. The van der Waals surface area contributed by atoms with Gasteiger partial charge in [0.1, 0.15) is 11.9 Å². The second-order valence-electron chi connectivity index (χ2n) is 4.05. The van der Waals surface area contributed by atoms with E-state index in [1.807, 2.05) is 6.07 Å². The van der Waals surface area contributed by atoms with Crippen molar-refractivity contribution in [3.05, 3.63) is 35.5 Å². The van der Waals surface area contributed by atoms with Gasteiger partial charge in [-0.15, -0.1) is 0 Å². The van der Waals surface area contributed by atoms with E-state index >= 15 is 0 Å². The van der Waals surface area contributed by atoms with E-state index in [1.54, 1.807) is 4.57 Å². The highest BCUT2D eigenvalue weighted by atomic mass is 32.2. The van der Waals surface area contributed by atoms with Crippen molar-refractivity contribution in [1.82, 2.24) is 14.5 Å². The number of rotatable bonds is 2. The molecule has 1 aliphatic rings. The molecule has 100 valence electrons. The number of hydrogen-bond acceptors (Lipinski definition) is 5. The number of anilines is 1. The third-order valence-corrected chi connectivity index (χ3v) is 3.74. The Morgan fingerprint density at radius 2 is 2.40 bits per heavy atom. The number of halogens is 1. The van der Waals surface area contributed by atoms with E-state index in [-0.39, 0.29) is 11.4 Å². The Balaban J connectivity index is 1.89. The van der Waals surface area contributed by atoms with Gasteiger partial charge in [0.05, 0.1) is 11.8 Å². The zero-order chi connectivity index (χ0) is 14.1. The summed E-state index contributed by atoms with van der Waals surface area (Å²) in [6.07, 6.45) is 2.27. The zero-order valence-electron chi connectivity index (χ0n) is 10.1. The van der Waals surface area contributed by atoms with Gasteiger partial charge >= 0.3 is 0 Å². The van der Waals surface area contributed by atoms with Gasteiger partial charge in [-0.2, -0.15) is 5.26 Å². The Bertz CT molecular complexity index is 736. The molecule has 0 radical (unpaired) electrons. The van der Waals surface area contributed by atoms with E-state index in [0.717, 1.165) is 18.0 Å². The Morgan fingerprint density at radius 1 is 1.55 bits per heavy atom. The first-order chi connectivity index (χ1) is 9.69. The Kier molecular flexibility index (Phi) is 3.12. The summed E-state index contributed by atoms with van der Waals surface area (Å²) in [5.41, 5.74) is 0.386. The minimum Gasteiger partial charge on any atom is -0.308 e. The maximum atomic E-state index is 13.0. The molecule has 0 saturated heterocycles. The number of hydrogen-bond donors (Lipinski definition) is 1. The number of thioether (sulfide) groups is 1. The molecule has 3 rings (SSSR count). The van der Waals surface area contributed by atoms with Gasteiger partial charge in [0.25, 0.3) is 5.91 Å². The van der Waals surface area contributed by atoms with Gasteiger partial charge in [-0.3, -0.25) is 9.78 Å². The summed E-state index contributed by atoms with van der Waals surface area (Å²) in [6, 6.07) is 3.10. The van der Waals surface area contributed by atoms with Crippen molar-refractivity contribution in [2.75, 3.05) is 11.1 Å². The number of aromatic nitrogens is 3. The lowest BCUT2D eigenvalue weighted by atomic mass is 10.2. The summed E-state index contributed by atoms with van der Waals surface area (Å²) < 4.78 is 14.8. The van der Waals surface area contributed by atoms with Crippen molar-refractivity contribution in [3.63, 3.8) is 0 Å². The quantitative estimate of drug-likeness (QED) is 0.908. The van der Waals surface area contributed by atoms with Crippen LogP contribution >= 0.6 is 11.8 Å². The third-order valence-electron chi connectivity index (χ3n) is 2.78. The average Bonchev–Trinajstić information content (AvgIpc) is 2.98. The number of pyridine rings is 1. The highest BCUT2D eigenvalue weighted by molar-refractivity contribution is 7.99. The molecule has 20 heavy (non-hydrogen) atoms. The fourth-order valence-electron chi connectivity index (χ4n) is 1.89. The number of amides is 1. The first-order valence-electron chi connectivity index (χ1n) is 5.74.